The van der Waals surface area contributed by atoms with Crippen LogP contribution in [0.25, 0.3) is 0 Å². The molecule has 0 bridgehead atoms. The van der Waals surface area contributed by atoms with Gasteiger partial charge in [-0.05, 0) is 40.6 Å². The van der Waals surface area contributed by atoms with Crippen LogP contribution in [0.4, 0.5) is 11.4 Å². The third-order valence-electron chi connectivity index (χ3n) is 3.85. The second kappa shape index (κ2) is 7.03. The first-order valence-electron chi connectivity index (χ1n) is 7.34. The standard InChI is InChI=1S/C16H14N2O7/c19-15-13(9-1-5-11(17-21)6-2-9)24-16(20)14(25-15)10-3-7-12(8-4-10)18(22)23/h1-8,13-16,19-20H. The van der Waals surface area contributed by atoms with Gasteiger partial charge in [-0.2, -0.15) is 0 Å². The molecule has 1 heterocycles. The Labute approximate surface area is 141 Å². The second-order valence-electron chi connectivity index (χ2n) is 5.43. The Kier molecular flexibility index (Phi) is 4.81. The summed E-state index contributed by atoms with van der Waals surface area (Å²) >= 11 is 0. The van der Waals surface area contributed by atoms with Gasteiger partial charge in [0.15, 0.2) is 12.6 Å². The number of hydrogen-bond donors (Lipinski definition) is 2. The summed E-state index contributed by atoms with van der Waals surface area (Å²) in [6, 6.07) is 11.4. The van der Waals surface area contributed by atoms with Crippen LogP contribution >= 0.6 is 0 Å². The average molecular weight is 346 g/mol. The lowest BCUT2D eigenvalue weighted by Gasteiger charge is -2.37. The van der Waals surface area contributed by atoms with E-state index in [0.29, 0.717) is 11.1 Å². The van der Waals surface area contributed by atoms with Gasteiger partial charge in [0.1, 0.15) is 17.9 Å². The highest BCUT2D eigenvalue weighted by atomic mass is 16.7. The van der Waals surface area contributed by atoms with Crippen molar-refractivity contribution in [3.8, 4) is 0 Å². The largest absolute Gasteiger partial charge is 0.366 e. The number of ether oxygens (including phenoxy) is 2. The van der Waals surface area contributed by atoms with Gasteiger partial charge in [-0.25, -0.2) is 0 Å². The van der Waals surface area contributed by atoms with Crippen LogP contribution in [0.15, 0.2) is 53.7 Å². The summed E-state index contributed by atoms with van der Waals surface area (Å²) in [6.45, 7) is 0. The summed E-state index contributed by atoms with van der Waals surface area (Å²) in [4.78, 5) is 20.6. The fourth-order valence-corrected chi connectivity index (χ4v) is 2.57. The van der Waals surface area contributed by atoms with Gasteiger partial charge >= 0.3 is 0 Å². The number of nitro benzene ring substituents is 1. The molecule has 9 heteroatoms. The van der Waals surface area contributed by atoms with Crippen molar-refractivity contribution < 1.29 is 24.6 Å². The van der Waals surface area contributed by atoms with Crippen LogP contribution in [0.3, 0.4) is 0 Å². The van der Waals surface area contributed by atoms with Crippen molar-refractivity contribution in [2.45, 2.75) is 24.8 Å². The molecule has 0 amide bonds. The van der Waals surface area contributed by atoms with Crippen LogP contribution in [0.2, 0.25) is 0 Å². The minimum absolute atomic E-state index is 0.0998. The minimum Gasteiger partial charge on any atom is -0.366 e. The summed E-state index contributed by atoms with van der Waals surface area (Å²) in [5.41, 5.74) is 1.05. The molecule has 4 unspecified atom stereocenters. The number of non-ortho nitro benzene ring substituents is 1. The van der Waals surface area contributed by atoms with E-state index in [1.54, 1.807) is 0 Å². The van der Waals surface area contributed by atoms with Gasteiger partial charge in [-0.3, -0.25) is 10.1 Å². The zero-order chi connectivity index (χ0) is 18.0. The quantitative estimate of drug-likeness (QED) is 0.494. The fraction of sp³-hybridized carbons (Fsp3) is 0.250. The number of nitrogens with zero attached hydrogens (tertiary/aromatic N) is 2. The summed E-state index contributed by atoms with van der Waals surface area (Å²) < 4.78 is 10.9. The molecular formula is C16H14N2O7. The Morgan fingerprint density at radius 1 is 0.880 bits per heavy atom. The molecule has 0 radical (unpaired) electrons. The molecule has 2 aromatic carbocycles. The summed E-state index contributed by atoms with van der Waals surface area (Å²) in [5.74, 6) is 0. The van der Waals surface area contributed by atoms with Gasteiger partial charge in [0.2, 0.25) is 0 Å². The van der Waals surface area contributed by atoms with Crippen LogP contribution < -0.4 is 0 Å². The van der Waals surface area contributed by atoms with Gasteiger partial charge < -0.3 is 19.7 Å². The maximum absolute atomic E-state index is 10.7. The van der Waals surface area contributed by atoms with Gasteiger partial charge in [-0.1, -0.05) is 12.1 Å². The molecule has 1 fully saturated rings. The molecule has 25 heavy (non-hydrogen) atoms. The number of nitro groups is 1. The van der Waals surface area contributed by atoms with E-state index in [1.165, 1.54) is 48.5 Å². The Morgan fingerprint density at radius 2 is 1.32 bits per heavy atom. The van der Waals surface area contributed by atoms with Crippen molar-refractivity contribution in [1.82, 2.24) is 0 Å². The first-order chi connectivity index (χ1) is 12.0. The highest BCUT2D eigenvalue weighted by molar-refractivity contribution is 5.39. The van der Waals surface area contributed by atoms with Crippen molar-refractivity contribution in [1.29, 1.82) is 0 Å². The smallest absolute Gasteiger partial charge is 0.269 e. The number of benzene rings is 2. The van der Waals surface area contributed by atoms with E-state index in [-0.39, 0.29) is 11.4 Å². The highest BCUT2D eigenvalue weighted by Crippen LogP contribution is 2.37. The first-order valence-corrected chi connectivity index (χ1v) is 7.34. The second-order valence-corrected chi connectivity index (χ2v) is 5.43. The Bertz CT molecular complexity index is 763. The van der Waals surface area contributed by atoms with Crippen molar-refractivity contribution in [3.63, 3.8) is 0 Å². The van der Waals surface area contributed by atoms with Crippen molar-refractivity contribution >= 4 is 11.4 Å². The third-order valence-corrected chi connectivity index (χ3v) is 3.85. The van der Waals surface area contributed by atoms with Crippen LogP contribution in [0.1, 0.15) is 23.3 Å². The Balaban J connectivity index is 1.76. The molecule has 0 saturated carbocycles. The van der Waals surface area contributed by atoms with E-state index in [1.807, 2.05) is 0 Å². The van der Waals surface area contributed by atoms with Crippen LogP contribution in [0, 0.1) is 15.0 Å². The van der Waals surface area contributed by atoms with E-state index in [9.17, 15) is 25.2 Å². The number of aliphatic hydroxyl groups excluding tert-OH is 2. The molecule has 2 N–H and O–H groups in total. The predicted molar refractivity (Wildman–Crippen MR) is 84.7 cm³/mol. The molecule has 1 aliphatic heterocycles. The summed E-state index contributed by atoms with van der Waals surface area (Å²) in [6.07, 6.45) is -4.72. The molecule has 2 aromatic rings. The van der Waals surface area contributed by atoms with Gasteiger partial charge in [0.05, 0.1) is 4.92 Å². The third kappa shape index (κ3) is 3.54. The normalized spacial score (nSPS) is 26.2. The van der Waals surface area contributed by atoms with E-state index in [2.05, 4.69) is 5.18 Å². The van der Waals surface area contributed by atoms with E-state index in [4.69, 9.17) is 9.47 Å². The maximum atomic E-state index is 10.7. The molecule has 3 rings (SSSR count). The molecule has 4 atom stereocenters. The molecule has 0 spiro atoms. The lowest BCUT2D eigenvalue weighted by atomic mass is 10.0. The van der Waals surface area contributed by atoms with Crippen LogP contribution in [0.5, 0.6) is 0 Å². The van der Waals surface area contributed by atoms with E-state index >= 15 is 0 Å². The van der Waals surface area contributed by atoms with Crippen molar-refractivity contribution in [3.05, 3.63) is 74.7 Å². The fourth-order valence-electron chi connectivity index (χ4n) is 2.57. The van der Waals surface area contributed by atoms with Crippen LogP contribution in [-0.4, -0.2) is 27.7 Å². The van der Waals surface area contributed by atoms with Gasteiger partial charge in [-0.15, -0.1) is 4.91 Å². The lowest BCUT2D eigenvalue weighted by molar-refractivity contribution is -0.384. The zero-order valence-corrected chi connectivity index (χ0v) is 12.8. The summed E-state index contributed by atoms with van der Waals surface area (Å²) in [5, 5.41) is 33.8. The summed E-state index contributed by atoms with van der Waals surface area (Å²) in [7, 11) is 0. The highest BCUT2D eigenvalue weighted by Gasteiger charge is 2.38. The number of aliphatic hydroxyl groups is 2. The molecule has 130 valence electrons. The number of rotatable bonds is 4. The Morgan fingerprint density at radius 3 is 1.72 bits per heavy atom. The molecule has 9 nitrogen and oxygen atoms in total. The molecule has 0 aliphatic carbocycles. The molecule has 0 aromatic heterocycles. The van der Waals surface area contributed by atoms with Gasteiger partial charge in [0.25, 0.3) is 5.69 Å². The van der Waals surface area contributed by atoms with Crippen molar-refractivity contribution in [2.24, 2.45) is 5.18 Å². The van der Waals surface area contributed by atoms with E-state index in [0.717, 1.165) is 0 Å². The maximum Gasteiger partial charge on any atom is 0.269 e. The minimum atomic E-state index is -1.39. The van der Waals surface area contributed by atoms with E-state index < -0.39 is 29.7 Å². The number of nitroso groups, excluding NO2 is 1. The molecule has 1 aliphatic rings. The zero-order valence-electron chi connectivity index (χ0n) is 12.8. The average Bonchev–Trinajstić information content (AvgIpc) is 2.63. The van der Waals surface area contributed by atoms with Crippen LogP contribution in [-0.2, 0) is 9.47 Å². The van der Waals surface area contributed by atoms with Crippen molar-refractivity contribution in [2.75, 3.05) is 0 Å². The molecule has 1 saturated heterocycles. The molecular weight excluding hydrogens is 332 g/mol. The predicted octanol–water partition coefficient (Wildman–Crippen LogP) is 2.46. The lowest BCUT2D eigenvalue weighted by Crippen LogP contribution is -2.40. The van der Waals surface area contributed by atoms with Gasteiger partial charge in [0, 0.05) is 12.1 Å². The SMILES string of the molecule is O=Nc1ccc(C2OC(O)C(c3ccc([N+](=O)[O-])cc3)OC2O)cc1. The topological polar surface area (TPSA) is 131 Å². The Hall–Kier alpha value is -2.72. The monoisotopic (exact) mass is 346 g/mol. The first kappa shape index (κ1) is 17.1. The number of hydrogen-bond acceptors (Lipinski definition) is 8.